The Labute approximate surface area is 135 Å². The van der Waals surface area contributed by atoms with Gasteiger partial charge in [0.05, 0.1) is 5.56 Å². The summed E-state index contributed by atoms with van der Waals surface area (Å²) in [4.78, 5) is 38.7. The lowest BCUT2D eigenvalue weighted by atomic mass is 10.1. The quantitative estimate of drug-likeness (QED) is 0.723. The SMILES string of the molecule is O=C(C1=NC(c2ncc[nH]c2=O)CS1)c1c[nH]c2ccccc12. The molecule has 1 unspecified atom stereocenters. The van der Waals surface area contributed by atoms with Crippen LogP contribution in [0.2, 0.25) is 0 Å². The van der Waals surface area contributed by atoms with Gasteiger partial charge in [-0.2, -0.15) is 0 Å². The molecule has 6 nitrogen and oxygen atoms in total. The number of hydrogen-bond acceptors (Lipinski definition) is 5. The van der Waals surface area contributed by atoms with Crippen molar-refractivity contribution in [2.45, 2.75) is 6.04 Å². The van der Waals surface area contributed by atoms with Crippen molar-refractivity contribution in [2.24, 2.45) is 4.99 Å². The lowest BCUT2D eigenvalue weighted by Gasteiger charge is -2.01. The summed E-state index contributed by atoms with van der Waals surface area (Å²) in [6.45, 7) is 0. The molecule has 2 aromatic heterocycles. The van der Waals surface area contributed by atoms with Crippen molar-refractivity contribution in [3.63, 3.8) is 0 Å². The number of aromatic nitrogens is 3. The molecule has 1 aromatic carbocycles. The Morgan fingerprint density at radius 2 is 2.13 bits per heavy atom. The van der Waals surface area contributed by atoms with Crippen molar-refractivity contribution in [1.82, 2.24) is 15.0 Å². The molecule has 3 heterocycles. The normalized spacial score (nSPS) is 17.4. The molecule has 0 saturated carbocycles. The Bertz CT molecular complexity index is 989. The highest BCUT2D eigenvalue weighted by Crippen LogP contribution is 2.30. The van der Waals surface area contributed by atoms with Crippen LogP contribution in [0.1, 0.15) is 22.1 Å². The summed E-state index contributed by atoms with van der Waals surface area (Å²) < 4.78 is 0. The minimum atomic E-state index is -0.380. The van der Waals surface area contributed by atoms with Crippen LogP contribution < -0.4 is 5.56 Å². The molecule has 1 atom stereocenters. The van der Waals surface area contributed by atoms with Gasteiger partial charge in [-0.25, -0.2) is 0 Å². The first-order valence-electron chi connectivity index (χ1n) is 7.09. The van der Waals surface area contributed by atoms with E-state index < -0.39 is 0 Å². The summed E-state index contributed by atoms with van der Waals surface area (Å²) in [7, 11) is 0. The van der Waals surface area contributed by atoms with E-state index in [0.29, 0.717) is 22.1 Å². The lowest BCUT2D eigenvalue weighted by Crippen LogP contribution is -2.17. The Morgan fingerprint density at radius 3 is 3.00 bits per heavy atom. The van der Waals surface area contributed by atoms with Gasteiger partial charge in [0.25, 0.3) is 5.56 Å². The molecular weight excluding hydrogens is 312 g/mol. The number of H-pyrrole nitrogens is 2. The van der Waals surface area contributed by atoms with Crippen LogP contribution in [-0.2, 0) is 0 Å². The first kappa shape index (κ1) is 14.0. The maximum Gasteiger partial charge on any atom is 0.271 e. The van der Waals surface area contributed by atoms with Gasteiger partial charge in [-0.05, 0) is 6.07 Å². The number of fused-ring (bicyclic) bond motifs is 1. The monoisotopic (exact) mass is 324 g/mol. The molecule has 0 radical (unpaired) electrons. The summed E-state index contributed by atoms with van der Waals surface area (Å²) >= 11 is 1.36. The Hall–Kier alpha value is -2.67. The smallest absolute Gasteiger partial charge is 0.271 e. The number of aromatic amines is 2. The number of carbonyl (C=O) groups is 1. The number of benzene rings is 1. The molecule has 0 fully saturated rings. The highest BCUT2D eigenvalue weighted by molar-refractivity contribution is 8.16. The fraction of sp³-hybridized carbons (Fsp3) is 0.125. The van der Waals surface area contributed by atoms with Crippen LogP contribution in [0.4, 0.5) is 0 Å². The maximum atomic E-state index is 12.7. The van der Waals surface area contributed by atoms with Gasteiger partial charge in [0.1, 0.15) is 16.8 Å². The van der Waals surface area contributed by atoms with Gasteiger partial charge < -0.3 is 9.97 Å². The predicted molar refractivity (Wildman–Crippen MR) is 90.1 cm³/mol. The van der Waals surface area contributed by atoms with E-state index in [1.807, 2.05) is 24.3 Å². The zero-order chi connectivity index (χ0) is 15.8. The second-order valence-corrected chi connectivity index (χ2v) is 6.15. The molecule has 3 aromatic rings. The van der Waals surface area contributed by atoms with Crippen LogP contribution in [0.3, 0.4) is 0 Å². The molecule has 4 rings (SSSR count). The van der Waals surface area contributed by atoms with Crippen molar-refractivity contribution >= 4 is 33.5 Å². The molecule has 0 spiro atoms. The molecule has 2 N–H and O–H groups in total. The second kappa shape index (κ2) is 5.51. The van der Waals surface area contributed by atoms with Gasteiger partial charge in [-0.15, -0.1) is 11.8 Å². The number of Topliss-reactive ketones (excluding diaryl/α,β-unsaturated/α-hetero) is 1. The summed E-state index contributed by atoms with van der Waals surface area (Å²) in [5.41, 5.74) is 1.60. The highest BCUT2D eigenvalue weighted by atomic mass is 32.2. The molecule has 114 valence electrons. The van der Waals surface area contributed by atoms with Crippen LogP contribution in [0.5, 0.6) is 0 Å². The van der Waals surface area contributed by atoms with Gasteiger partial charge in [-0.3, -0.25) is 19.6 Å². The first-order chi connectivity index (χ1) is 11.2. The van der Waals surface area contributed by atoms with Crippen LogP contribution in [0.25, 0.3) is 10.9 Å². The minimum absolute atomic E-state index is 0.123. The summed E-state index contributed by atoms with van der Waals surface area (Å²) in [5, 5.41) is 1.30. The van der Waals surface area contributed by atoms with Gasteiger partial charge in [0.15, 0.2) is 0 Å². The Morgan fingerprint density at radius 1 is 1.26 bits per heavy atom. The summed E-state index contributed by atoms with van der Waals surface area (Å²) in [6, 6.07) is 7.26. The molecular formula is C16H12N4O2S. The molecule has 7 heteroatoms. The fourth-order valence-electron chi connectivity index (χ4n) is 2.61. The Balaban J connectivity index is 1.69. The van der Waals surface area contributed by atoms with Crippen molar-refractivity contribution < 1.29 is 4.79 Å². The number of thioether (sulfide) groups is 1. The van der Waals surface area contributed by atoms with Gasteiger partial charge in [-0.1, -0.05) is 18.2 Å². The zero-order valence-corrected chi connectivity index (χ0v) is 12.8. The zero-order valence-electron chi connectivity index (χ0n) is 11.9. The number of aliphatic imine (C=N–C) groups is 1. The second-order valence-electron chi connectivity index (χ2n) is 5.14. The molecule has 0 saturated heterocycles. The number of rotatable bonds is 3. The molecule has 0 aliphatic carbocycles. The number of ketones is 1. The minimum Gasteiger partial charge on any atom is -0.360 e. The third kappa shape index (κ3) is 2.39. The molecule has 1 aliphatic heterocycles. The van der Waals surface area contributed by atoms with E-state index in [0.717, 1.165) is 10.9 Å². The van der Waals surface area contributed by atoms with E-state index in [1.165, 1.54) is 24.2 Å². The predicted octanol–water partition coefficient (Wildman–Crippen LogP) is 2.32. The first-order valence-corrected chi connectivity index (χ1v) is 8.07. The lowest BCUT2D eigenvalue weighted by molar-refractivity contribution is 0.107. The van der Waals surface area contributed by atoms with Crippen molar-refractivity contribution in [1.29, 1.82) is 0 Å². The van der Waals surface area contributed by atoms with Crippen LogP contribution in [-0.4, -0.2) is 31.5 Å². The fourth-order valence-corrected chi connectivity index (χ4v) is 3.60. The van der Waals surface area contributed by atoms with Crippen LogP contribution in [0.15, 0.2) is 52.6 Å². The van der Waals surface area contributed by atoms with Gasteiger partial charge >= 0.3 is 0 Å². The van der Waals surface area contributed by atoms with E-state index in [9.17, 15) is 9.59 Å². The average Bonchev–Trinajstić information content (AvgIpc) is 3.22. The average molecular weight is 324 g/mol. The van der Waals surface area contributed by atoms with Gasteiger partial charge in [0, 0.05) is 35.2 Å². The van der Waals surface area contributed by atoms with E-state index in [2.05, 4.69) is 19.9 Å². The number of carbonyl (C=O) groups excluding carboxylic acids is 1. The number of nitrogens with zero attached hydrogens (tertiary/aromatic N) is 2. The number of hydrogen-bond donors (Lipinski definition) is 2. The van der Waals surface area contributed by atoms with E-state index in [-0.39, 0.29) is 17.4 Å². The largest absolute Gasteiger partial charge is 0.360 e. The van der Waals surface area contributed by atoms with E-state index in [4.69, 9.17) is 0 Å². The Kier molecular flexibility index (Phi) is 3.34. The molecule has 0 bridgehead atoms. The van der Waals surface area contributed by atoms with E-state index >= 15 is 0 Å². The molecule has 23 heavy (non-hydrogen) atoms. The molecule has 0 amide bonds. The number of para-hydroxylation sites is 1. The number of nitrogens with one attached hydrogen (secondary N) is 2. The van der Waals surface area contributed by atoms with Crippen LogP contribution in [0, 0.1) is 0 Å². The van der Waals surface area contributed by atoms with E-state index in [1.54, 1.807) is 6.20 Å². The highest BCUT2D eigenvalue weighted by Gasteiger charge is 2.28. The maximum absolute atomic E-state index is 12.7. The third-order valence-electron chi connectivity index (χ3n) is 3.73. The van der Waals surface area contributed by atoms with Crippen LogP contribution >= 0.6 is 11.8 Å². The van der Waals surface area contributed by atoms with Crippen molar-refractivity contribution in [3.8, 4) is 0 Å². The topological polar surface area (TPSA) is 91.0 Å². The summed E-state index contributed by atoms with van der Waals surface area (Å²) in [6.07, 6.45) is 4.71. The standard InChI is InChI=1S/C16H12N4O2S/c21-14(10-7-19-11-4-2-1-3-9(10)11)16-20-12(8-23-16)13-15(22)18-6-5-17-13/h1-7,12,19H,8H2,(H,18,22). The summed E-state index contributed by atoms with van der Waals surface area (Å²) in [5.74, 6) is 0.422. The van der Waals surface area contributed by atoms with Gasteiger partial charge in [0.2, 0.25) is 5.78 Å². The molecule has 1 aliphatic rings. The third-order valence-corrected chi connectivity index (χ3v) is 4.78. The van der Waals surface area contributed by atoms with Crippen molar-refractivity contribution in [3.05, 3.63) is 64.5 Å². The van der Waals surface area contributed by atoms with Crippen molar-refractivity contribution in [2.75, 3.05) is 5.75 Å².